The van der Waals surface area contributed by atoms with E-state index in [1.54, 1.807) is 24.8 Å². The van der Waals surface area contributed by atoms with Gasteiger partial charge in [-0.25, -0.2) is 4.79 Å². The Bertz CT molecular complexity index is 389. The molecule has 2 rings (SSSR count). The van der Waals surface area contributed by atoms with E-state index in [-0.39, 0.29) is 0 Å². The molecule has 5 nitrogen and oxygen atoms in total. The van der Waals surface area contributed by atoms with Crippen molar-refractivity contribution in [1.82, 2.24) is 9.97 Å². The van der Waals surface area contributed by atoms with E-state index in [9.17, 15) is 0 Å². The number of hydrogen-bond donors (Lipinski definition) is 2. The molecule has 2 amide bonds. The highest BCUT2D eigenvalue weighted by Gasteiger charge is 1.92. The molecule has 0 aliphatic carbocycles. The van der Waals surface area contributed by atoms with Crippen molar-refractivity contribution < 1.29 is 4.79 Å². The van der Waals surface area contributed by atoms with Gasteiger partial charge in [0.1, 0.15) is 0 Å². The number of primary amides is 2. The van der Waals surface area contributed by atoms with Gasteiger partial charge in [-0.15, -0.1) is 0 Å². The molecule has 4 N–H and O–H groups in total. The highest BCUT2D eigenvalue weighted by molar-refractivity contribution is 5.69. The molecular formula is C11H12N4O. The van der Waals surface area contributed by atoms with Crippen molar-refractivity contribution >= 4 is 6.03 Å². The van der Waals surface area contributed by atoms with Crippen LogP contribution in [0.4, 0.5) is 4.79 Å². The van der Waals surface area contributed by atoms with Crippen LogP contribution < -0.4 is 11.5 Å². The molecule has 16 heavy (non-hydrogen) atoms. The third-order valence-electron chi connectivity index (χ3n) is 1.69. The van der Waals surface area contributed by atoms with Crippen LogP contribution in [0.5, 0.6) is 0 Å². The predicted molar refractivity (Wildman–Crippen MR) is 61.2 cm³/mol. The summed E-state index contributed by atoms with van der Waals surface area (Å²) in [7, 11) is 0. The summed E-state index contributed by atoms with van der Waals surface area (Å²) in [6.45, 7) is 0. The van der Waals surface area contributed by atoms with Gasteiger partial charge >= 0.3 is 6.03 Å². The Morgan fingerprint density at radius 2 is 1.06 bits per heavy atom. The van der Waals surface area contributed by atoms with Crippen molar-refractivity contribution in [1.29, 1.82) is 0 Å². The smallest absolute Gasteiger partial charge is 0.309 e. The predicted octanol–water partition coefficient (Wildman–Crippen LogP) is 1.17. The first-order valence-electron chi connectivity index (χ1n) is 4.55. The second-order valence-corrected chi connectivity index (χ2v) is 2.87. The number of aromatic nitrogens is 2. The fourth-order valence-electron chi connectivity index (χ4n) is 1.09. The van der Waals surface area contributed by atoms with Crippen molar-refractivity contribution in [2.45, 2.75) is 0 Å². The van der Waals surface area contributed by atoms with Gasteiger partial charge in [0.25, 0.3) is 0 Å². The van der Waals surface area contributed by atoms with Gasteiger partial charge in [-0.05, 0) is 35.4 Å². The third kappa shape index (κ3) is 4.19. The minimum absolute atomic E-state index is 0.833. The van der Waals surface area contributed by atoms with Gasteiger partial charge in [0, 0.05) is 24.8 Å². The molecule has 2 aromatic rings. The van der Waals surface area contributed by atoms with Crippen molar-refractivity contribution in [2.75, 3.05) is 0 Å². The zero-order valence-corrected chi connectivity index (χ0v) is 8.58. The molecule has 5 heteroatoms. The summed E-state index contributed by atoms with van der Waals surface area (Å²) >= 11 is 0. The van der Waals surface area contributed by atoms with Crippen LogP contribution in [-0.4, -0.2) is 16.0 Å². The molecule has 0 atom stereocenters. The van der Waals surface area contributed by atoms with Crippen LogP contribution in [0.3, 0.4) is 0 Å². The standard InChI is InChI=1S/C10H8N2.CH4N2O/c1-5-11-6-2-9(1)10-3-7-12-8-4-10;2-1(3)4/h1-8H;(H4,2,3,4). The Kier molecular flexibility index (Phi) is 4.46. The number of hydrogen-bond acceptors (Lipinski definition) is 3. The van der Waals surface area contributed by atoms with Crippen LogP contribution in [0.2, 0.25) is 0 Å². The summed E-state index contributed by atoms with van der Waals surface area (Å²) in [5.41, 5.74) is 10.8. The fourth-order valence-corrected chi connectivity index (χ4v) is 1.09. The average molecular weight is 216 g/mol. The maximum atomic E-state index is 9.00. The normalized spacial score (nSPS) is 8.75. The van der Waals surface area contributed by atoms with E-state index in [0.29, 0.717) is 0 Å². The van der Waals surface area contributed by atoms with Crippen LogP contribution in [0.1, 0.15) is 0 Å². The maximum Gasteiger partial charge on any atom is 0.309 e. The zero-order valence-electron chi connectivity index (χ0n) is 8.58. The van der Waals surface area contributed by atoms with E-state index in [4.69, 9.17) is 4.79 Å². The molecule has 0 aromatic carbocycles. The summed E-state index contributed by atoms with van der Waals surface area (Å²) in [5.74, 6) is 0. The molecule has 2 aromatic heterocycles. The Hall–Kier alpha value is -2.43. The number of pyridine rings is 2. The van der Waals surface area contributed by atoms with Gasteiger partial charge in [0.05, 0.1) is 0 Å². The van der Waals surface area contributed by atoms with Crippen LogP contribution in [0.25, 0.3) is 11.1 Å². The second-order valence-electron chi connectivity index (χ2n) is 2.87. The summed E-state index contributed by atoms with van der Waals surface area (Å²) in [4.78, 5) is 16.9. The molecule has 0 aliphatic rings. The highest BCUT2D eigenvalue weighted by atomic mass is 16.2. The van der Waals surface area contributed by atoms with Crippen molar-refractivity contribution in [3.63, 3.8) is 0 Å². The SMILES string of the molecule is NC(N)=O.c1cc(-c2ccncc2)ccn1. The first-order valence-corrected chi connectivity index (χ1v) is 4.55. The fraction of sp³-hybridized carbons (Fsp3) is 0. The monoisotopic (exact) mass is 216 g/mol. The molecule has 0 aliphatic heterocycles. The summed E-state index contributed by atoms with van der Waals surface area (Å²) < 4.78 is 0. The minimum Gasteiger partial charge on any atom is -0.352 e. The lowest BCUT2D eigenvalue weighted by molar-refractivity contribution is 0.256. The number of nitrogens with two attached hydrogens (primary N) is 2. The average Bonchev–Trinajstić information content (AvgIpc) is 2.31. The van der Waals surface area contributed by atoms with E-state index in [1.165, 1.54) is 11.1 Å². The zero-order chi connectivity index (χ0) is 11.8. The van der Waals surface area contributed by atoms with Crippen molar-refractivity contribution in [2.24, 2.45) is 11.5 Å². The Morgan fingerprint density at radius 3 is 1.31 bits per heavy atom. The molecule has 0 saturated heterocycles. The molecule has 0 spiro atoms. The Labute approximate surface area is 93.1 Å². The van der Waals surface area contributed by atoms with Gasteiger partial charge in [0.2, 0.25) is 0 Å². The molecule has 0 bridgehead atoms. The first kappa shape index (κ1) is 11.6. The molecule has 82 valence electrons. The number of carbonyl (C=O) groups excluding carboxylic acids is 1. The molecule has 2 heterocycles. The summed E-state index contributed by atoms with van der Waals surface area (Å²) in [6.07, 6.45) is 7.15. The van der Waals surface area contributed by atoms with E-state index in [0.717, 1.165) is 0 Å². The lowest BCUT2D eigenvalue weighted by atomic mass is 10.1. The second kappa shape index (κ2) is 6.13. The molecule has 0 radical (unpaired) electrons. The number of nitrogens with zero attached hydrogens (tertiary/aromatic N) is 2. The lowest BCUT2D eigenvalue weighted by Crippen LogP contribution is -2.18. The quantitative estimate of drug-likeness (QED) is 0.748. The largest absolute Gasteiger partial charge is 0.352 e. The first-order chi connectivity index (χ1) is 7.70. The number of carbonyl (C=O) groups is 1. The van der Waals surface area contributed by atoms with Gasteiger partial charge in [-0.3, -0.25) is 9.97 Å². The third-order valence-corrected chi connectivity index (χ3v) is 1.69. The molecule has 0 saturated carbocycles. The summed E-state index contributed by atoms with van der Waals surface area (Å²) in [6, 6.07) is 7.09. The van der Waals surface area contributed by atoms with Crippen LogP contribution >= 0.6 is 0 Å². The van der Waals surface area contributed by atoms with E-state index in [1.807, 2.05) is 24.3 Å². The number of amides is 2. The Balaban J connectivity index is 0.000000280. The van der Waals surface area contributed by atoms with Gasteiger partial charge in [-0.1, -0.05) is 0 Å². The van der Waals surface area contributed by atoms with Gasteiger partial charge < -0.3 is 11.5 Å². The topological polar surface area (TPSA) is 94.9 Å². The minimum atomic E-state index is -0.833. The summed E-state index contributed by atoms with van der Waals surface area (Å²) in [5, 5.41) is 0. The molecular weight excluding hydrogens is 204 g/mol. The van der Waals surface area contributed by atoms with Crippen LogP contribution in [0.15, 0.2) is 49.1 Å². The number of rotatable bonds is 1. The van der Waals surface area contributed by atoms with E-state index >= 15 is 0 Å². The van der Waals surface area contributed by atoms with Gasteiger partial charge in [0.15, 0.2) is 0 Å². The number of urea groups is 1. The van der Waals surface area contributed by atoms with Crippen molar-refractivity contribution in [3.05, 3.63) is 49.1 Å². The molecule has 0 unspecified atom stereocenters. The van der Waals surface area contributed by atoms with E-state index in [2.05, 4.69) is 21.4 Å². The van der Waals surface area contributed by atoms with Crippen LogP contribution in [-0.2, 0) is 0 Å². The lowest BCUT2D eigenvalue weighted by Gasteiger charge is -1.97. The molecule has 0 fully saturated rings. The highest BCUT2D eigenvalue weighted by Crippen LogP contribution is 2.15. The van der Waals surface area contributed by atoms with Crippen molar-refractivity contribution in [3.8, 4) is 11.1 Å². The van der Waals surface area contributed by atoms with Gasteiger partial charge in [-0.2, -0.15) is 0 Å². The van der Waals surface area contributed by atoms with Crippen LogP contribution in [0, 0.1) is 0 Å². The van der Waals surface area contributed by atoms with E-state index < -0.39 is 6.03 Å². The Morgan fingerprint density at radius 1 is 0.812 bits per heavy atom. The maximum absolute atomic E-state index is 9.00.